The van der Waals surface area contributed by atoms with Gasteiger partial charge in [0.1, 0.15) is 0 Å². The molecule has 2 heteroatoms. The predicted molar refractivity (Wildman–Crippen MR) is 62.9 cm³/mol. The van der Waals surface area contributed by atoms with E-state index >= 15 is 0 Å². The molecule has 0 aliphatic carbocycles. The van der Waals surface area contributed by atoms with Crippen LogP contribution in [0.2, 0.25) is 0 Å². The largest absolute Gasteiger partial charge is 0.311 e. The standard InChI is InChI=1S/C13H24N2/c1-2-3-10-8-15(9-10)13-6-11-4-5-12(7-13)14-11/h10-14H,2-9H2,1H3. The summed E-state index contributed by atoms with van der Waals surface area (Å²) in [4.78, 5) is 2.76. The third kappa shape index (κ3) is 1.94. The smallest absolute Gasteiger partial charge is 0.0125 e. The molecule has 0 aromatic heterocycles. The lowest BCUT2D eigenvalue weighted by Crippen LogP contribution is -2.56. The maximum atomic E-state index is 3.73. The number of hydrogen-bond acceptors (Lipinski definition) is 2. The average molecular weight is 208 g/mol. The summed E-state index contributed by atoms with van der Waals surface area (Å²) < 4.78 is 0. The van der Waals surface area contributed by atoms with E-state index in [9.17, 15) is 0 Å². The zero-order valence-electron chi connectivity index (χ0n) is 9.91. The van der Waals surface area contributed by atoms with Crippen molar-refractivity contribution in [3.8, 4) is 0 Å². The van der Waals surface area contributed by atoms with Crippen LogP contribution in [0.25, 0.3) is 0 Å². The zero-order chi connectivity index (χ0) is 10.3. The van der Waals surface area contributed by atoms with Crippen molar-refractivity contribution in [2.75, 3.05) is 13.1 Å². The zero-order valence-corrected chi connectivity index (χ0v) is 9.91. The molecule has 2 atom stereocenters. The molecule has 3 heterocycles. The van der Waals surface area contributed by atoms with Gasteiger partial charge in [-0.3, -0.25) is 4.90 Å². The fraction of sp³-hybridized carbons (Fsp3) is 1.00. The van der Waals surface area contributed by atoms with Gasteiger partial charge in [-0.25, -0.2) is 0 Å². The number of nitrogens with one attached hydrogen (secondary N) is 1. The van der Waals surface area contributed by atoms with E-state index in [1.165, 1.54) is 51.6 Å². The van der Waals surface area contributed by atoms with Gasteiger partial charge < -0.3 is 5.32 Å². The summed E-state index contributed by atoms with van der Waals surface area (Å²) in [5, 5.41) is 3.73. The van der Waals surface area contributed by atoms with E-state index < -0.39 is 0 Å². The number of fused-ring (bicyclic) bond motifs is 2. The fourth-order valence-electron chi connectivity index (χ4n) is 3.82. The lowest BCUT2D eigenvalue weighted by molar-refractivity contribution is 0.0255. The van der Waals surface area contributed by atoms with E-state index in [2.05, 4.69) is 17.1 Å². The van der Waals surface area contributed by atoms with Crippen molar-refractivity contribution in [3.05, 3.63) is 0 Å². The molecule has 0 saturated carbocycles. The van der Waals surface area contributed by atoms with Gasteiger partial charge in [0, 0.05) is 31.2 Å². The lowest BCUT2D eigenvalue weighted by Gasteiger charge is -2.47. The SMILES string of the molecule is CCCC1CN(C2CC3CCC(C2)N3)C1. The highest BCUT2D eigenvalue weighted by Crippen LogP contribution is 2.33. The summed E-state index contributed by atoms with van der Waals surface area (Å²) in [6.07, 6.45) is 8.55. The summed E-state index contributed by atoms with van der Waals surface area (Å²) >= 11 is 0. The minimum Gasteiger partial charge on any atom is -0.311 e. The van der Waals surface area contributed by atoms with E-state index in [0.717, 1.165) is 24.0 Å². The lowest BCUT2D eigenvalue weighted by atomic mass is 9.89. The van der Waals surface area contributed by atoms with Crippen LogP contribution in [0.15, 0.2) is 0 Å². The summed E-state index contributed by atoms with van der Waals surface area (Å²) in [5.41, 5.74) is 0. The summed E-state index contributed by atoms with van der Waals surface area (Å²) in [7, 11) is 0. The minimum absolute atomic E-state index is 0.860. The van der Waals surface area contributed by atoms with E-state index in [1.807, 2.05) is 0 Å². The van der Waals surface area contributed by atoms with Crippen molar-refractivity contribution in [3.63, 3.8) is 0 Å². The Morgan fingerprint density at radius 2 is 1.80 bits per heavy atom. The Kier molecular flexibility index (Phi) is 2.73. The second kappa shape index (κ2) is 4.06. The van der Waals surface area contributed by atoms with Crippen molar-refractivity contribution in [2.45, 2.75) is 63.6 Å². The maximum Gasteiger partial charge on any atom is 0.0125 e. The second-order valence-corrected chi connectivity index (χ2v) is 5.87. The van der Waals surface area contributed by atoms with Crippen LogP contribution >= 0.6 is 0 Å². The predicted octanol–water partition coefficient (Wildman–Crippen LogP) is 2.00. The third-order valence-corrected chi connectivity index (χ3v) is 4.65. The van der Waals surface area contributed by atoms with Crippen molar-refractivity contribution >= 4 is 0 Å². The summed E-state index contributed by atoms with van der Waals surface area (Å²) in [6, 6.07) is 2.65. The second-order valence-electron chi connectivity index (χ2n) is 5.87. The molecule has 0 spiro atoms. The van der Waals surface area contributed by atoms with Crippen LogP contribution in [0.4, 0.5) is 0 Å². The van der Waals surface area contributed by atoms with Crippen LogP contribution < -0.4 is 5.32 Å². The molecule has 3 aliphatic heterocycles. The Morgan fingerprint density at radius 3 is 2.40 bits per heavy atom. The highest BCUT2D eigenvalue weighted by Gasteiger charge is 2.39. The first kappa shape index (κ1) is 10.1. The van der Waals surface area contributed by atoms with E-state index in [1.54, 1.807) is 0 Å². The number of likely N-dealkylation sites (tertiary alicyclic amines) is 1. The van der Waals surface area contributed by atoms with Crippen LogP contribution in [-0.2, 0) is 0 Å². The number of hydrogen-bond donors (Lipinski definition) is 1. The van der Waals surface area contributed by atoms with Gasteiger partial charge in [-0.2, -0.15) is 0 Å². The number of piperidine rings is 1. The maximum absolute atomic E-state index is 3.73. The quantitative estimate of drug-likeness (QED) is 0.763. The van der Waals surface area contributed by atoms with Crippen LogP contribution in [-0.4, -0.2) is 36.1 Å². The topological polar surface area (TPSA) is 15.3 Å². The Morgan fingerprint density at radius 1 is 1.13 bits per heavy atom. The summed E-state index contributed by atoms with van der Waals surface area (Å²) in [5.74, 6) is 1.03. The first-order valence-electron chi connectivity index (χ1n) is 6.85. The van der Waals surface area contributed by atoms with Gasteiger partial charge in [-0.05, 0) is 38.0 Å². The Labute approximate surface area is 93.4 Å². The molecule has 15 heavy (non-hydrogen) atoms. The van der Waals surface area contributed by atoms with E-state index in [-0.39, 0.29) is 0 Å². The molecule has 3 saturated heterocycles. The Hall–Kier alpha value is -0.0800. The molecule has 0 amide bonds. The van der Waals surface area contributed by atoms with Crippen molar-refractivity contribution < 1.29 is 0 Å². The molecular weight excluding hydrogens is 184 g/mol. The molecule has 3 rings (SSSR count). The van der Waals surface area contributed by atoms with Crippen LogP contribution in [0, 0.1) is 5.92 Å². The van der Waals surface area contributed by atoms with Gasteiger partial charge in [0.15, 0.2) is 0 Å². The first-order chi connectivity index (χ1) is 7.35. The minimum atomic E-state index is 0.860. The Bertz CT molecular complexity index is 211. The van der Waals surface area contributed by atoms with Crippen LogP contribution in [0.3, 0.4) is 0 Å². The molecule has 0 aromatic carbocycles. The molecule has 0 radical (unpaired) electrons. The molecule has 2 bridgehead atoms. The number of rotatable bonds is 3. The van der Waals surface area contributed by atoms with E-state index in [0.29, 0.717) is 0 Å². The van der Waals surface area contributed by atoms with Gasteiger partial charge >= 0.3 is 0 Å². The molecule has 1 N–H and O–H groups in total. The molecule has 2 unspecified atom stereocenters. The normalized spacial score (nSPS) is 41.8. The summed E-state index contributed by atoms with van der Waals surface area (Å²) in [6.45, 7) is 5.11. The van der Waals surface area contributed by atoms with Gasteiger partial charge in [0.2, 0.25) is 0 Å². The molecule has 3 aliphatic rings. The molecular formula is C13H24N2. The van der Waals surface area contributed by atoms with E-state index in [4.69, 9.17) is 0 Å². The fourth-order valence-corrected chi connectivity index (χ4v) is 3.82. The van der Waals surface area contributed by atoms with Crippen molar-refractivity contribution in [2.24, 2.45) is 5.92 Å². The van der Waals surface area contributed by atoms with Gasteiger partial charge in [0.05, 0.1) is 0 Å². The Balaban J connectivity index is 1.49. The van der Waals surface area contributed by atoms with Gasteiger partial charge in [-0.1, -0.05) is 13.3 Å². The van der Waals surface area contributed by atoms with Crippen molar-refractivity contribution in [1.82, 2.24) is 10.2 Å². The van der Waals surface area contributed by atoms with Crippen molar-refractivity contribution in [1.29, 1.82) is 0 Å². The van der Waals surface area contributed by atoms with Crippen LogP contribution in [0.1, 0.15) is 45.4 Å². The number of nitrogens with zero attached hydrogens (tertiary/aromatic N) is 1. The molecule has 2 nitrogen and oxygen atoms in total. The van der Waals surface area contributed by atoms with Gasteiger partial charge in [0.25, 0.3) is 0 Å². The average Bonchev–Trinajstić information content (AvgIpc) is 2.51. The highest BCUT2D eigenvalue weighted by atomic mass is 15.2. The molecule has 0 aromatic rings. The molecule has 3 fully saturated rings. The monoisotopic (exact) mass is 208 g/mol. The third-order valence-electron chi connectivity index (χ3n) is 4.65. The highest BCUT2D eigenvalue weighted by molar-refractivity contribution is 4.98. The van der Waals surface area contributed by atoms with Crippen LogP contribution in [0.5, 0.6) is 0 Å². The molecule has 86 valence electrons. The van der Waals surface area contributed by atoms with Gasteiger partial charge in [-0.15, -0.1) is 0 Å². The first-order valence-corrected chi connectivity index (χ1v) is 6.85.